The summed E-state index contributed by atoms with van der Waals surface area (Å²) in [5.74, 6) is -0.296. The highest BCUT2D eigenvalue weighted by molar-refractivity contribution is 9.10. The Hall–Kier alpha value is -3.60. The average molecular weight is 635 g/mol. The van der Waals surface area contributed by atoms with Gasteiger partial charge in [0.05, 0.1) is 22.6 Å². The number of Topliss-reactive ketones (excluding diaryl/α,β-unsaturated/α-hetero) is 1. The summed E-state index contributed by atoms with van der Waals surface area (Å²) >= 11 is 9.59. The van der Waals surface area contributed by atoms with Crippen molar-refractivity contribution in [1.82, 2.24) is 0 Å². The zero-order chi connectivity index (χ0) is 29.6. The summed E-state index contributed by atoms with van der Waals surface area (Å²) in [4.78, 5) is 15.6. The Labute approximate surface area is 253 Å². The van der Waals surface area contributed by atoms with E-state index in [0.717, 1.165) is 32.5 Å². The molecule has 2 N–H and O–H groups in total. The van der Waals surface area contributed by atoms with Crippen LogP contribution in [0.3, 0.4) is 0 Å². The van der Waals surface area contributed by atoms with E-state index < -0.39 is 11.7 Å². The molecule has 0 radical (unpaired) electrons. The number of carbonyl (C=O) groups is 1. The van der Waals surface area contributed by atoms with Crippen LogP contribution >= 0.6 is 27.5 Å². The molecule has 0 saturated carbocycles. The number of carbonyl (C=O) groups excluding carboxylic acids is 1. The molecule has 0 saturated heterocycles. The fourth-order valence-corrected chi connectivity index (χ4v) is 6.25. The SMILES string of the molecule is Cc1cc(C)c(C2C(C#N)=C(N)N(c3ccc(F)c(Cl)c3)C3=C2C(=O)CC(C)(C)C3)cc1COc1ccc(Br)cc1. The van der Waals surface area contributed by atoms with Gasteiger partial charge in [-0.2, -0.15) is 5.26 Å². The van der Waals surface area contributed by atoms with Gasteiger partial charge in [-0.1, -0.05) is 53.5 Å². The smallest absolute Gasteiger partial charge is 0.162 e. The Morgan fingerprint density at radius 3 is 2.49 bits per heavy atom. The molecule has 0 spiro atoms. The molecule has 8 heteroatoms. The Balaban J connectivity index is 1.66. The predicted octanol–water partition coefficient (Wildman–Crippen LogP) is 8.38. The summed E-state index contributed by atoms with van der Waals surface area (Å²) in [5.41, 5.74) is 12.2. The van der Waals surface area contributed by atoms with E-state index in [1.165, 1.54) is 12.1 Å². The zero-order valence-corrected chi connectivity index (χ0v) is 25.7. The van der Waals surface area contributed by atoms with Gasteiger partial charge in [0.1, 0.15) is 24.0 Å². The fraction of sp³-hybridized carbons (Fsp3) is 0.273. The van der Waals surface area contributed by atoms with Crippen LogP contribution in [0.1, 0.15) is 54.9 Å². The van der Waals surface area contributed by atoms with E-state index in [1.54, 1.807) is 11.0 Å². The van der Waals surface area contributed by atoms with Crippen molar-refractivity contribution in [3.8, 4) is 11.8 Å². The number of ketones is 1. The third-order valence-electron chi connectivity index (χ3n) is 7.79. The van der Waals surface area contributed by atoms with E-state index in [9.17, 15) is 14.4 Å². The predicted molar refractivity (Wildman–Crippen MR) is 163 cm³/mol. The molecule has 0 aromatic heterocycles. The number of aryl methyl sites for hydroxylation is 2. The van der Waals surface area contributed by atoms with Gasteiger partial charge in [0, 0.05) is 27.9 Å². The number of ether oxygens (including phenoxy) is 1. The van der Waals surface area contributed by atoms with Crippen LogP contribution in [0.4, 0.5) is 10.1 Å². The average Bonchev–Trinajstić information content (AvgIpc) is 2.90. The van der Waals surface area contributed by atoms with Crippen LogP contribution in [0.5, 0.6) is 5.75 Å². The van der Waals surface area contributed by atoms with E-state index in [0.29, 0.717) is 36.4 Å². The molecule has 210 valence electrons. The maximum absolute atomic E-state index is 14.1. The van der Waals surface area contributed by atoms with Gasteiger partial charge in [-0.15, -0.1) is 0 Å². The highest BCUT2D eigenvalue weighted by atomic mass is 79.9. The second kappa shape index (κ2) is 11.0. The molecule has 1 aliphatic carbocycles. The molecule has 2 aliphatic rings. The van der Waals surface area contributed by atoms with Crippen molar-refractivity contribution in [2.75, 3.05) is 4.90 Å². The van der Waals surface area contributed by atoms with Gasteiger partial charge in [-0.25, -0.2) is 4.39 Å². The standard InChI is InChI=1S/C33H30BrClFN3O2/c1-18-11-19(2)24(12-20(18)17-41-23-8-5-21(34)6-9-23)30-25(16-37)32(38)39(22-7-10-27(36)26(35)13-22)28-14-33(3,4)15-29(40)31(28)30/h5-13,30H,14-15,17,38H2,1-4H3. The van der Waals surface area contributed by atoms with E-state index in [1.807, 2.05) is 58.0 Å². The summed E-state index contributed by atoms with van der Waals surface area (Å²) in [6.07, 6.45) is 0.882. The summed E-state index contributed by atoms with van der Waals surface area (Å²) in [5, 5.41) is 10.4. The van der Waals surface area contributed by atoms with E-state index in [-0.39, 0.29) is 27.6 Å². The van der Waals surface area contributed by atoms with Crippen LogP contribution in [-0.2, 0) is 11.4 Å². The minimum Gasteiger partial charge on any atom is -0.489 e. The second-order valence-corrected chi connectivity index (χ2v) is 12.8. The Morgan fingerprint density at radius 2 is 1.83 bits per heavy atom. The van der Waals surface area contributed by atoms with Crippen LogP contribution < -0.4 is 15.4 Å². The molecule has 5 rings (SSSR count). The maximum atomic E-state index is 14.1. The quantitative estimate of drug-likeness (QED) is 0.305. The van der Waals surface area contributed by atoms with Crippen molar-refractivity contribution < 1.29 is 13.9 Å². The topological polar surface area (TPSA) is 79.4 Å². The van der Waals surface area contributed by atoms with E-state index >= 15 is 0 Å². The normalized spacial score (nSPS) is 18.3. The lowest BCUT2D eigenvalue weighted by atomic mass is 9.68. The number of rotatable bonds is 5. The van der Waals surface area contributed by atoms with Gasteiger partial charge in [0.15, 0.2) is 5.78 Å². The largest absolute Gasteiger partial charge is 0.489 e. The van der Waals surface area contributed by atoms with E-state index in [2.05, 4.69) is 28.1 Å². The monoisotopic (exact) mass is 633 g/mol. The highest BCUT2D eigenvalue weighted by Crippen LogP contribution is 2.51. The van der Waals surface area contributed by atoms with Crippen LogP contribution in [0.25, 0.3) is 0 Å². The number of halogens is 3. The minimum atomic E-state index is -0.641. The van der Waals surface area contributed by atoms with Gasteiger partial charge in [-0.05, 0) is 90.4 Å². The van der Waals surface area contributed by atoms with Crippen LogP contribution in [-0.4, -0.2) is 5.78 Å². The molecule has 3 aromatic carbocycles. The lowest BCUT2D eigenvalue weighted by Gasteiger charge is -2.44. The van der Waals surface area contributed by atoms with Crippen molar-refractivity contribution in [2.24, 2.45) is 11.1 Å². The number of nitrogens with two attached hydrogens (primary N) is 1. The Bertz CT molecular complexity index is 1670. The van der Waals surface area contributed by atoms with Gasteiger partial charge in [-0.3, -0.25) is 9.69 Å². The number of anilines is 1. The molecule has 1 unspecified atom stereocenters. The van der Waals surface area contributed by atoms with Crippen LogP contribution in [0, 0.1) is 36.4 Å². The molecule has 5 nitrogen and oxygen atoms in total. The summed E-state index contributed by atoms with van der Waals surface area (Å²) in [6, 6.07) is 18.3. The van der Waals surface area contributed by atoms with Crippen molar-refractivity contribution in [1.29, 1.82) is 5.26 Å². The highest BCUT2D eigenvalue weighted by Gasteiger charge is 2.45. The molecular formula is C33H30BrClFN3O2. The summed E-state index contributed by atoms with van der Waals surface area (Å²) < 4.78 is 21.1. The fourth-order valence-electron chi connectivity index (χ4n) is 5.81. The molecule has 1 atom stereocenters. The van der Waals surface area contributed by atoms with Crippen molar-refractivity contribution in [3.05, 3.63) is 115 Å². The molecule has 0 fully saturated rings. The van der Waals surface area contributed by atoms with E-state index in [4.69, 9.17) is 22.1 Å². The summed E-state index contributed by atoms with van der Waals surface area (Å²) in [6.45, 7) is 8.40. The van der Waals surface area contributed by atoms with Crippen LogP contribution in [0.2, 0.25) is 5.02 Å². The molecule has 41 heavy (non-hydrogen) atoms. The number of benzene rings is 3. The van der Waals surface area contributed by atoms with Crippen molar-refractivity contribution in [2.45, 2.75) is 53.1 Å². The first-order chi connectivity index (χ1) is 19.4. The van der Waals surface area contributed by atoms with Gasteiger partial charge < -0.3 is 10.5 Å². The van der Waals surface area contributed by atoms with Gasteiger partial charge in [0.25, 0.3) is 0 Å². The molecule has 3 aromatic rings. The number of allylic oxidation sites excluding steroid dienone is 3. The van der Waals surface area contributed by atoms with Gasteiger partial charge in [0.2, 0.25) is 0 Å². The first-order valence-electron chi connectivity index (χ1n) is 13.3. The molecule has 1 aliphatic heterocycles. The first kappa shape index (κ1) is 28.9. The Kier molecular flexibility index (Phi) is 7.76. The van der Waals surface area contributed by atoms with Crippen molar-refractivity contribution in [3.63, 3.8) is 0 Å². The molecular weight excluding hydrogens is 605 g/mol. The third-order valence-corrected chi connectivity index (χ3v) is 8.60. The first-order valence-corrected chi connectivity index (χ1v) is 14.5. The van der Waals surface area contributed by atoms with Crippen molar-refractivity contribution >= 4 is 39.0 Å². The number of hydrogen-bond donors (Lipinski definition) is 1. The van der Waals surface area contributed by atoms with Gasteiger partial charge >= 0.3 is 0 Å². The maximum Gasteiger partial charge on any atom is 0.162 e. The third kappa shape index (κ3) is 5.51. The lowest BCUT2D eigenvalue weighted by molar-refractivity contribution is -0.118. The number of hydrogen-bond acceptors (Lipinski definition) is 5. The van der Waals surface area contributed by atoms with Crippen LogP contribution in [0.15, 0.2) is 81.7 Å². The second-order valence-electron chi connectivity index (χ2n) is 11.5. The molecule has 1 heterocycles. The molecule has 0 amide bonds. The Morgan fingerprint density at radius 1 is 1.12 bits per heavy atom. The zero-order valence-electron chi connectivity index (χ0n) is 23.3. The summed E-state index contributed by atoms with van der Waals surface area (Å²) in [7, 11) is 0. The number of nitriles is 1. The lowest BCUT2D eigenvalue weighted by Crippen LogP contribution is -2.42. The minimum absolute atomic E-state index is 0.0349. The number of nitrogens with zero attached hydrogens (tertiary/aromatic N) is 2. The molecule has 0 bridgehead atoms.